The van der Waals surface area contributed by atoms with E-state index in [0.29, 0.717) is 5.69 Å². The maximum absolute atomic E-state index is 11.1. The van der Waals surface area contributed by atoms with E-state index in [-0.39, 0.29) is 24.6 Å². The van der Waals surface area contributed by atoms with Gasteiger partial charge in [-0.25, -0.2) is 4.79 Å². The molecule has 6 heteroatoms. The third-order valence-electron chi connectivity index (χ3n) is 1.81. The summed E-state index contributed by atoms with van der Waals surface area (Å²) in [5.41, 5.74) is 0.635. The number of hydrogen-bond donors (Lipinski definition) is 2. The summed E-state index contributed by atoms with van der Waals surface area (Å²) in [7, 11) is 1.42. The van der Waals surface area contributed by atoms with Gasteiger partial charge >= 0.3 is 5.97 Å². The summed E-state index contributed by atoms with van der Waals surface area (Å²) >= 11 is 0. The number of carbonyl (C=O) groups excluding carboxylic acids is 1. The smallest absolute Gasteiger partial charge is 0.335 e. The minimum absolute atomic E-state index is 0.0291. The molecule has 0 unspecified atom stereocenters. The van der Waals surface area contributed by atoms with Crippen molar-refractivity contribution in [1.29, 1.82) is 0 Å². The van der Waals surface area contributed by atoms with E-state index in [0.717, 1.165) is 0 Å². The van der Waals surface area contributed by atoms with Gasteiger partial charge in [-0.3, -0.25) is 9.78 Å². The van der Waals surface area contributed by atoms with Crippen LogP contribution in [0, 0.1) is 0 Å². The van der Waals surface area contributed by atoms with Crippen molar-refractivity contribution in [3.05, 3.63) is 29.6 Å². The molecule has 0 saturated heterocycles. The molecule has 0 aliphatic rings. The second-order valence-corrected chi connectivity index (χ2v) is 3.05. The molecule has 0 aliphatic heterocycles. The third kappa shape index (κ3) is 3.66. The number of ether oxygens (including phenoxy) is 1. The molecule has 0 aliphatic carbocycles. The number of aromatic nitrogens is 1. The number of pyridine rings is 1. The van der Waals surface area contributed by atoms with Crippen molar-refractivity contribution in [3.63, 3.8) is 0 Å². The molecule has 2 N–H and O–H groups in total. The van der Waals surface area contributed by atoms with Crippen LogP contribution >= 0.6 is 0 Å². The van der Waals surface area contributed by atoms with E-state index in [2.05, 4.69) is 15.0 Å². The second-order valence-electron chi connectivity index (χ2n) is 3.05. The fraction of sp³-hybridized carbons (Fsp3) is 0.300. The van der Waals surface area contributed by atoms with Crippen LogP contribution in [0.3, 0.4) is 0 Å². The molecule has 0 bridgehead atoms. The number of nitrogens with one attached hydrogen (secondary N) is 1. The SMILES string of the molecule is COCC(=O)NCc1cc(C(=O)O)ccn1. The first-order chi connectivity index (χ1) is 7.63. The van der Waals surface area contributed by atoms with E-state index in [1.54, 1.807) is 0 Å². The van der Waals surface area contributed by atoms with Gasteiger partial charge in [-0.15, -0.1) is 0 Å². The molecular formula is C10H12N2O4. The normalized spacial score (nSPS) is 9.81. The molecule has 0 radical (unpaired) electrons. The van der Waals surface area contributed by atoms with Crippen molar-refractivity contribution >= 4 is 11.9 Å². The van der Waals surface area contributed by atoms with Gasteiger partial charge in [0.05, 0.1) is 17.8 Å². The summed E-state index contributed by atoms with van der Waals surface area (Å²) in [4.78, 5) is 25.6. The molecule has 6 nitrogen and oxygen atoms in total. The van der Waals surface area contributed by atoms with Crippen LogP contribution in [0.4, 0.5) is 0 Å². The Kier molecular flexibility index (Phi) is 4.41. The quantitative estimate of drug-likeness (QED) is 0.737. The lowest BCUT2D eigenvalue weighted by Gasteiger charge is -2.04. The van der Waals surface area contributed by atoms with Gasteiger partial charge in [-0.1, -0.05) is 0 Å². The molecule has 0 atom stereocenters. The maximum atomic E-state index is 11.1. The van der Waals surface area contributed by atoms with Crippen molar-refractivity contribution < 1.29 is 19.4 Å². The number of carboxylic acid groups (broad SMARTS) is 1. The first kappa shape index (κ1) is 12.1. The number of carboxylic acids is 1. The number of methoxy groups -OCH3 is 1. The molecule has 0 saturated carbocycles. The molecule has 1 aromatic heterocycles. The van der Waals surface area contributed by atoms with Crippen LogP contribution < -0.4 is 5.32 Å². The number of amides is 1. The highest BCUT2D eigenvalue weighted by molar-refractivity contribution is 5.87. The Labute approximate surface area is 92.3 Å². The molecule has 1 rings (SSSR count). The number of hydrogen-bond acceptors (Lipinski definition) is 4. The Morgan fingerprint density at radius 1 is 1.56 bits per heavy atom. The molecule has 1 aromatic rings. The van der Waals surface area contributed by atoms with Gasteiger partial charge in [0.1, 0.15) is 6.61 Å². The van der Waals surface area contributed by atoms with Gasteiger partial charge in [0.2, 0.25) is 5.91 Å². The Morgan fingerprint density at radius 3 is 2.94 bits per heavy atom. The first-order valence-corrected chi connectivity index (χ1v) is 4.57. The first-order valence-electron chi connectivity index (χ1n) is 4.57. The number of rotatable bonds is 5. The van der Waals surface area contributed by atoms with E-state index < -0.39 is 5.97 Å². The largest absolute Gasteiger partial charge is 0.478 e. The lowest BCUT2D eigenvalue weighted by Crippen LogP contribution is -2.27. The lowest BCUT2D eigenvalue weighted by molar-refractivity contribution is -0.124. The standard InChI is InChI=1S/C10H12N2O4/c1-16-6-9(13)12-5-8-4-7(10(14)15)2-3-11-8/h2-4H,5-6H2,1H3,(H,12,13)(H,14,15). The molecule has 86 valence electrons. The Hall–Kier alpha value is -1.95. The summed E-state index contributed by atoms with van der Waals surface area (Å²) in [6.45, 7) is 0.155. The van der Waals surface area contributed by atoms with E-state index in [4.69, 9.17) is 5.11 Å². The minimum atomic E-state index is -1.02. The highest BCUT2D eigenvalue weighted by Gasteiger charge is 2.05. The van der Waals surface area contributed by atoms with Crippen LogP contribution in [0.5, 0.6) is 0 Å². The van der Waals surface area contributed by atoms with Crippen LogP contribution in [-0.4, -0.2) is 35.7 Å². The summed E-state index contributed by atoms with van der Waals surface area (Å²) in [5.74, 6) is -1.29. The zero-order valence-electron chi connectivity index (χ0n) is 8.77. The Morgan fingerprint density at radius 2 is 2.31 bits per heavy atom. The summed E-state index contributed by atoms with van der Waals surface area (Å²) in [6, 6.07) is 2.80. The summed E-state index contributed by atoms with van der Waals surface area (Å²) < 4.78 is 4.63. The summed E-state index contributed by atoms with van der Waals surface area (Å²) in [5, 5.41) is 11.3. The van der Waals surface area contributed by atoms with Crippen molar-refractivity contribution in [2.75, 3.05) is 13.7 Å². The van der Waals surface area contributed by atoms with Crippen molar-refractivity contribution in [3.8, 4) is 0 Å². The zero-order valence-corrected chi connectivity index (χ0v) is 8.77. The average Bonchev–Trinajstić information content (AvgIpc) is 2.27. The van der Waals surface area contributed by atoms with Gasteiger partial charge in [-0.2, -0.15) is 0 Å². The molecule has 0 spiro atoms. The predicted molar refractivity (Wildman–Crippen MR) is 54.9 cm³/mol. The molecule has 16 heavy (non-hydrogen) atoms. The third-order valence-corrected chi connectivity index (χ3v) is 1.81. The van der Waals surface area contributed by atoms with E-state index in [1.165, 1.54) is 25.4 Å². The summed E-state index contributed by atoms with van der Waals surface area (Å²) in [6.07, 6.45) is 1.39. The van der Waals surface area contributed by atoms with Crippen molar-refractivity contribution in [2.24, 2.45) is 0 Å². The molecular weight excluding hydrogens is 212 g/mol. The fourth-order valence-electron chi connectivity index (χ4n) is 1.08. The van der Waals surface area contributed by atoms with Gasteiger partial charge in [0.15, 0.2) is 0 Å². The van der Waals surface area contributed by atoms with E-state index in [1.807, 2.05) is 0 Å². The van der Waals surface area contributed by atoms with Crippen LogP contribution in [0.1, 0.15) is 16.1 Å². The fourth-order valence-corrected chi connectivity index (χ4v) is 1.08. The molecule has 0 aromatic carbocycles. The van der Waals surface area contributed by atoms with Crippen LogP contribution in [0.2, 0.25) is 0 Å². The Bertz CT molecular complexity index is 392. The van der Waals surface area contributed by atoms with Gasteiger partial charge in [0, 0.05) is 13.3 Å². The monoisotopic (exact) mass is 224 g/mol. The molecule has 1 heterocycles. The van der Waals surface area contributed by atoms with Crippen LogP contribution in [0.25, 0.3) is 0 Å². The Balaban J connectivity index is 2.57. The second kappa shape index (κ2) is 5.82. The van der Waals surface area contributed by atoms with Crippen LogP contribution in [0.15, 0.2) is 18.3 Å². The van der Waals surface area contributed by atoms with E-state index >= 15 is 0 Å². The zero-order chi connectivity index (χ0) is 12.0. The topological polar surface area (TPSA) is 88.5 Å². The van der Waals surface area contributed by atoms with Gasteiger partial charge < -0.3 is 15.2 Å². The van der Waals surface area contributed by atoms with Crippen molar-refractivity contribution in [2.45, 2.75) is 6.54 Å². The highest BCUT2D eigenvalue weighted by atomic mass is 16.5. The average molecular weight is 224 g/mol. The highest BCUT2D eigenvalue weighted by Crippen LogP contribution is 2.01. The number of nitrogens with zero attached hydrogens (tertiary/aromatic N) is 1. The van der Waals surface area contributed by atoms with Crippen LogP contribution in [-0.2, 0) is 16.1 Å². The van der Waals surface area contributed by atoms with Crippen molar-refractivity contribution in [1.82, 2.24) is 10.3 Å². The van der Waals surface area contributed by atoms with Gasteiger partial charge in [-0.05, 0) is 12.1 Å². The number of aromatic carboxylic acids is 1. The van der Waals surface area contributed by atoms with E-state index in [9.17, 15) is 9.59 Å². The molecule has 1 amide bonds. The minimum Gasteiger partial charge on any atom is -0.478 e. The predicted octanol–water partition coefficient (Wildman–Crippen LogP) is 0.0424. The van der Waals surface area contributed by atoms with Gasteiger partial charge in [0.25, 0.3) is 0 Å². The maximum Gasteiger partial charge on any atom is 0.335 e. The lowest BCUT2D eigenvalue weighted by atomic mass is 10.2. The number of carbonyl (C=O) groups is 2. The molecule has 0 fully saturated rings.